The summed E-state index contributed by atoms with van der Waals surface area (Å²) >= 11 is 0. The molecule has 6 heteroatoms. The Morgan fingerprint density at radius 3 is 2.46 bits per heavy atom. The molecule has 0 radical (unpaired) electrons. The minimum Gasteiger partial charge on any atom is -0.394 e. The highest BCUT2D eigenvalue weighted by atomic mass is 16.3. The number of aromatic nitrogens is 1. The van der Waals surface area contributed by atoms with Gasteiger partial charge in [-0.15, -0.1) is 0 Å². The Balaban J connectivity index is 1.92. The van der Waals surface area contributed by atoms with Crippen molar-refractivity contribution in [1.82, 2.24) is 9.88 Å². The third-order valence-corrected chi connectivity index (χ3v) is 3.83. The molecule has 0 bridgehead atoms. The number of aliphatic hydroxyl groups is 1. The van der Waals surface area contributed by atoms with Gasteiger partial charge in [0.1, 0.15) is 5.69 Å². The fourth-order valence-corrected chi connectivity index (χ4v) is 2.34. The van der Waals surface area contributed by atoms with Crippen molar-refractivity contribution in [2.45, 2.75) is 25.8 Å². The lowest BCUT2D eigenvalue weighted by Gasteiger charge is -2.14. The van der Waals surface area contributed by atoms with E-state index in [-0.39, 0.29) is 30.9 Å². The zero-order valence-corrected chi connectivity index (χ0v) is 14.0. The standard InChI is InChI=1S/C18H23N3O3/c1-3-14(12-22)19-17(23)11-13-6-8-15(9-7-13)20-18(24)16-5-4-10-21(16)2/h4-10,14,22H,3,11-12H2,1-2H3,(H,19,23)(H,20,24)/t14-/m1/s1. The Labute approximate surface area is 141 Å². The molecule has 2 aromatic rings. The molecular formula is C18H23N3O3. The van der Waals surface area contributed by atoms with Crippen molar-refractivity contribution in [3.05, 3.63) is 53.9 Å². The molecule has 3 N–H and O–H groups in total. The zero-order valence-electron chi connectivity index (χ0n) is 14.0. The molecule has 2 amide bonds. The summed E-state index contributed by atoms with van der Waals surface area (Å²) in [4.78, 5) is 24.0. The van der Waals surface area contributed by atoms with Crippen LogP contribution in [0.5, 0.6) is 0 Å². The van der Waals surface area contributed by atoms with Crippen molar-refractivity contribution >= 4 is 17.5 Å². The Bertz CT molecular complexity index is 688. The van der Waals surface area contributed by atoms with Crippen LogP contribution >= 0.6 is 0 Å². The van der Waals surface area contributed by atoms with E-state index in [1.54, 1.807) is 34.9 Å². The molecule has 0 saturated heterocycles. The molecule has 2 rings (SSSR count). The monoisotopic (exact) mass is 329 g/mol. The number of nitrogens with zero attached hydrogens (tertiary/aromatic N) is 1. The van der Waals surface area contributed by atoms with Gasteiger partial charge in [0.25, 0.3) is 5.91 Å². The number of benzene rings is 1. The number of anilines is 1. The van der Waals surface area contributed by atoms with Crippen molar-refractivity contribution in [3.63, 3.8) is 0 Å². The number of nitrogens with one attached hydrogen (secondary N) is 2. The quantitative estimate of drug-likeness (QED) is 0.723. The first-order valence-corrected chi connectivity index (χ1v) is 7.95. The smallest absolute Gasteiger partial charge is 0.272 e. The molecular weight excluding hydrogens is 306 g/mol. The van der Waals surface area contributed by atoms with Crippen molar-refractivity contribution in [2.75, 3.05) is 11.9 Å². The van der Waals surface area contributed by atoms with Crippen LogP contribution in [0.25, 0.3) is 0 Å². The molecule has 6 nitrogen and oxygen atoms in total. The van der Waals surface area contributed by atoms with E-state index in [2.05, 4.69) is 10.6 Å². The minimum atomic E-state index is -0.207. The maximum absolute atomic E-state index is 12.1. The number of hydrogen-bond donors (Lipinski definition) is 3. The summed E-state index contributed by atoms with van der Waals surface area (Å²) in [5.74, 6) is -0.307. The predicted octanol–water partition coefficient (Wildman–Crippen LogP) is 1.71. The van der Waals surface area contributed by atoms with Crippen LogP contribution in [-0.2, 0) is 18.3 Å². The largest absolute Gasteiger partial charge is 0.394 e. The number of rotatable bonds is 7. The number of aryl methyl sites for hydroxylation is 1. The Hall–Kier alpha value is -2.60. The summed E-state index contributed by atoms with van der Waals surface area (Å²) in [6.07, 6.45) is 2.74. The summed E-state index contributed by atoms with van der Waals surface area (Å²) in [6, 6.07) is 10.5. The van der Waals surface area contributed by atoms with Crippen molar-refractivity contribution < 1.29 is 14.7 Å². The van der Waals surface area contributed by atoms with Gasteiger partial charge in [-0.3, -0.25) is 9.59 Å². The third-order valence-electron chi connectivity index (χ3n) is 3.83. The summed E-state index contributed by atoms with van der Waals surface area (Å²) in [7, 11) is 1.81. The second-order valence-electron chi connectivity index (χ2n) is 5.69. The maximum atomic E-state index is 12.1. The van der Waals surface area contributed by atoms with Gasteiger partial charge in [-0.25, -0.2) is 0 Å². The highest BCUT2D eigenvalue weighted by molar-refractivity contribution is 6.03. The highest BCUT2D eigenvalue weighted by Crippen LogP contribution is 2.12. The van der Waals surface area contributed by atoms with Gasteiger partial charge >= 0.3 is 0 Å². The third kappa shape index (κ3) is 4.70. The summed E-state index contributed by atoms with van der Waals surface area (Å²) in [5, 5.41) is 14.7. The molecule has 0 fully saturated rings. The molecule has 1 aromatic carbocycles. The number of hydrogen-bond acceptors (Lipinski definition) is 3. The molecule has 0 aliphatic rings. The topological polar surface area (TPSA) is 83.4 Å². The van der Waals surface area contributed by atoms with Gasteiger partial charge in [0.2, 0.25) is 5.91 Å². The molecule has 0 unspecified atom stereocenters. The van der Waals surface area contributed by atoms with E-state index in [1.165, 1.54) is 0 Å². The normalized spacial score (nSPS) is 11.8. The van der Waals surface area contributed by atoms with Crippen LogP contribution < -0.4 is 10.6 Å². The molecule has 128 valence electrons. The van der Waals surface area contributed by atoms with E-state index in [9.17, 15) is 9.59 Å². The average molecular weight is 329 g/mol. The zero-order chi connectivity index (χ0) is 17.5. The number of aliphatic hydroxyl groups excluding tert-OH is 1. The lowest BCUT2D eigenvalue weighted by atomic mass is 10.1. The van der Waals surface area contributed by atoms with Gasteiger partial charge in [0, 0.05) is 18.9 Å². The van der Waals surface area contributed by atoms with E-state index in [4.69, 9.17) is 5.11 Å². The molecule has 0 aliphatic heterocycles. The lowest BCUT2D eigenvalue weighted by Crippen LogP contribution is -2.37. The molecule has 0 spiro atoms. The van der Waals surface area contributed by atoms with Crippen molar-refractivity contribution in [3.8, 4) is 0 Å². The molecule has 24 heavy (non-hydrogen) atoms. The fraction of sp³-hybridized carbons (Fsp3) is 0.333. The van der Waals surface area contributed by atoms with Gasteiger partial charge in [-0.1, -0.05) is 19.1 Å². The molecule has 1 heterocycles. The van der Waals surface area contributed by atoms with Gasteiger partial charge in [-0.05, 0) is 36.2 Å². The Morgan fingerprint density at radius 2 is 1.92 bits per heavy atom. The summed E-state index contributed by atoms with van der Waals surface area (Å²) < 4.78 is 1.75. The summed E-state index contributed by atoms with van der Waals surface area (Å²) in [5.41, 5.74) is 2.09. The molecule has 0 aliphatic carbocycles. The summed E-state index contributed by atoms with van der Waals surface area (Å²) in [6.45, 7) is 1.84. The van der Waals surface area contributed by atoms with Crippen LogP contribution in [0, 0.1) is 0 Å². The highest BCUT2D eigenvalue weighted by Gasteiger charge is 2.11. The number of carbonyl (C=O) groups excluding carboxylic acids is 2. The minimum absolute atomic E-state index is 0.0631. The van der Waals surface area contributed by atoms with E-state index in [0.717, 1.165) is 5.56 Å². The van der Waals surface area contributed by atoms with Gasteiger partial charge < -0.3 is 20.3 Å². The number of amides is 2. The number of carbonyl (C=O) groups is 2. The first-order valence-electron chi connectivity index (χ1n) is 7.95. The van der Waals surface area contributed by atoms with Crippen molar-refractivity contribution in [1.29, 1.82) is 0 Å². The van der Waals surface area contributed by atoms with Gasteiger partial charge in [0.05, 0.1) is 19.1 Å². The van der Waals surface area contributed by atoms with Crippen molar-refractivity contribution in [2.24, 2.45) is 7.05 Å². The fourth-order valence-electron chi connectivity index (χ4n) is 2.34. The van der Waals surface area contributed by atoms with Crippen LogP contribution in [-0.4, -0.2) is 34.1 Å². The van der Waals surface area contributed by atoms with E-state index in [1.807, 2.05) is 26.2 Å². The predicted molar refractivity (Wildman–Crippen MR) is 92.8 cm³/mol. The Morgan fingerprint density at radius 1 is 1.21 bits per heavy atom. The first-order chi connectivity index (χ1) is 11.5. The van der Waals surface area contributed by atoms with E-state index in [0.29, 0.717) is 17.8 Å². The average Bonchev–Trinajstić information content (AvgIpc) is 3.00. The first kappa shape index (κ1) is 17.7. The molecule has 1 atom stereocenters. The Kier molecular flexibility index (Phi) is 6.14. The SMILES string of the molecule is CC[C@H](CO)NC(=O)Cc1ccc(NC(=O)c2cccn2C)cc1. The second kappa shape index (κ2) is 8.31. The van der Waals surface area contributed by atoms with Crippen LogP contribution in [0.3, 0.4) is 0 Å². The lowest BCUT2D eigenvalue weighted by molar-refractivity contribution is -0.121. The van der Waals surface area contributed by atoms with Crippen LogP contribution in [0.4, 0.5) is 5.69 Å². The molecule has 0 saturated carbocycles. The van der Waals surface area contributed by atoms with Gasteiger partial charge in [0.15, 0.2) is 0 Å². The van der Waals surface area contributed by atoms with E-state index < -0.39 is 0 Å². The van der Waals surface area contributed by atoms with Gasteiger partial charge in [-0.2, -0.15) is 0 Å². The van der Waals surface area contributed by atoms with Crippen LogP contribution in [0.2, 0.25) is 0 Å². The maximum Gasteiger partial charge on any atom is 0.272 e. The second-order valence-corrected chi connectivity index (χ2v) is 5.69. The van der Waals surface area contributed by atoms with Crippen LogP contribution in [0.15, 0.2) is 42.6 Å². The van der Waals surface area contributed by atoms with Crippen LogP contribution in [0.1, 0.15) is 29.4 Å². The molecule has 1 aromatic heterocycles. The van der Waals surface area contributed by atoms with E-state index >= 15 is 0 Å².